The Hall–Kier alpha value is -2.07. The van der Waals surface area contributed by atoms with Gasteiger partial charge in [0.1, 0.15) is 5.75 Å². The highest BCUT2D eigenvalue weighted by molar-refractivity contribution is 5.91. The van der Waals surface area contributed by atoms with Gasteiger partial charge in [-0.3, -0.25) is 4.79 Å². The third-order valence-electron chi connectivity index (χ3n) is 4.91. The van der Waals surface area contributed by atoms with Crippen molar-refractivity contribution in [3.8, 4) is 5.75 Å². The summed E-state index contributed by atoms with van der Waals surface area (Å²) in [6.07, 6.45) is 4.19. The van der Waals surface area contributed by atoms with Gasteiger partial charge in [-0.2, -0.15) is 0 Å². The van der Waals surface area contributed by atoms with Gasteiger partial charge in [-0.25, -0.2) is 0 Å². The smallest absolute Gasteiger partial charge is 0.227 e. The number of aliphatic hydroxyl groups is 1. The van der Waals surface area contributed by atoms with E-state index in [0.29, 0.717) is 6.42 Å². The van der Waals surface area contributed by atoms with Gasteiger partial charge in [0.05, 0.1) is 13.5 Å². The zero-order valence-electron chi connectivity index (χ0n) is 14.2. The number of rotatable bonds is 6. The normalized spacial score (nSPS) is 17.4. The average Bonchev–Trinajstić information content (AvgIpc) is 3.08. The number of methoxy groups -OCH3 is 1. The monoisotopic (exact) mass is 327 g/mol. The van der Waals surface area contributed by atoms with Crippen molar-refractivity contribution in [2.75, 3.05) is 20.3 Å². The second-order valence-corrected chi connectivity index (χ2v) is 6.43. The Kier molecular flexibility index (Phi) is 5.36. The summed E-state index contributed by atoms with van der Waals surface area (Å²) >= 11 is 0. The SMILES string of the molecule is COc1ccc2cccc(CC(=O)N3CCCC3CCCO)c2c1. The molecule has 0 aliphatic carbocycles. The van der Waals surface area contributed by atoms with Crippen molar-refractivity contribution in [2.24, 2.45) is 0 Å². The minimum atomic E-state index is 0.186. The molecule has 1 atom stereocenters. The topological polar surface area (TPSA) is 49.8 Å². The summed E-state index contributed by atoms with van der Waals surface area (Å²) in [4.78, 5) is 14.8. The van der Waals surface area contributed by atoms with Gasteiger partial charge in [0.25, 0.3) is 0 Å². The Morgan fingerprint density at radius 3 is 3.00 bits per heavy atom. The number of hydrogen-bond donors (Lipinski definition) is 1. The lowest BCUT2D eigenvalue weighted by molar-refractivity contribution is -0.131. The minimum absolute atomic E-state index is 0.186. The standard InChI is InChI=1S/C20H25NO3/c1-24-18-10-9-15-5-2-6-16(19(15)14-18)13-20(23)21-11-3-7-17(21)8-4-12-22/h2,5-6,9-10,14,17,22H,3-4,7-8,11-13H2,1H3. The van der Waals surface area contributed by atoms with E-state index in [9.17, 15) is 4.79 Å². The molecule has 1 N–H and O–H groups in total. The second kappa shape index (κ2) is 7.67. The zero-order valence-corrected chi connectivity index (χ0v) is 14.2. The third-order valence-corrected chi connectivity index (χ3v) is 4.91. The van der Waals surface area contributed by atoms with E-state index in [1.807, 2.05) is 35.2 Å². The number of nitrogens with zero attached hydrogens (tertiary/aromatic N) is 1. The molecule has 1 unspecified atom stereocenters. The van der Waals surface area contributed by atoms with Crippen LogP contribution in [0.3, 0.4) is 0 Å². The Morgan fingerprint density at radius 1 is 1.33 bits per heavy atom. The van der Waals surface area contributed by atoms with Gasteiger partial charge in [-0.1, -0.05) is 24.3 Å². The summed E-state index contributed by atoms with van der Waals surface area (Å²) in [5, 5.41) is 11.2. The summed E-state index contributed by atoms with van der Waals surface area (Å²) in [7, 11) is 1.66. The number of carbonyl (C=O) groups excluding carboxylic acids is 1. The largest absolute Gasteiger partial charge is 0.497 e. The van der Waals surface area contributed by atoms with Crippen LogP contribution < -0.4 is 4.74 Å². The summed E-state index contributed by atoms with van der Waals surface area (Å²) in [5.41, 5.74) is 1.05. The maximum Gasteiger partial charge on any atom is 0.227 e. The molecule has 4 heteroatoms. The molecule has 1 aliphatic rings. The van der Waals surface area contributed by atoms with Crippen LogP contribution in [0.25, 0.3) is 10.8 Å². The van der Waals surface area contributed by atoms with Gasteiger partial charge in [0.15, 0.2) is 0 Å². The number of amides is 1. The number of fused-ring (bicyclic) bond motifs is 1. The molecule has 1 heterocycles. The molecular weight excluding hydrogens is 302 g/mol. The predicted molar refractivity (Wildman–Crippen MR) is 95.3 cm³/mol. The first-order valence-electron chi connectivity index (χ1n) is 8.69. The van der Waals surface area contributed by atoms with Crippen molar-refractivity contribution in [1.82, 2.24) is 4.90 Å². The first kappa shape index (κ1) is 16.8. The van der Waals surface area contributed by atoms with E-state index in [0.717, 1.165) is 54.3 Å². The van der Waals surface area contributed by atoms with Crippen LogP contribution in [-0.4, -0.2) is 42.2 Å². The highest BCUT2D eigenvalue weighted by atomic mass is 16.5. The van der Waals surface area contributed by atoms with Gasteiger partial charge in [-0.15, -0.1) is 0 Å². The van der Waals surface area contributed by atoms with Crippen molar-refractivity contribution < 1.29 is 14.6 Å². The Bertz CT molecular complexity index is 713. The lowest BCUT2D eigenvalue weighted by atomic mass is 10.0. The van der Waals surface area contributed by atoms with Gasteiger partial charge >= 0.3 is 0 Å². The van der Waals surface area contributed by atoms with Crippen LogP contribution in [0.15, 0.2) is 36.4 Å². The molecule has 3 rings (SSSR count). The van der Waals surface area contributed by atoms with E-state index < -0.39 is 0 Å². The Balaban J connectivity index is 1.80. The number of aliphatic hydroxyl groups excluding tert-OH is 1. The molecule has 4 nitrogen and oxygen atoms in total. The predicted octanol–water partition coefficient (Wildman–Crippen LogP) is 3.15. The van der Waals surface area contributed by atoms with E-state index in [2.05, 4.69) is 6.07 Å². The summed E-state index contributed by atoms with van der Waals surface area (Å²) < 4.78 is 5.32. The number of likely N-dealkylation sites (tertiary alicyclic amines) is 1. The molecule has 1 saturated heterocycles. The van der Waals surface area contributed by atoms with Crippen LogP contribution in [0, 0.1) is 0 Å². The van der Waals surface area contributed by atoms with Crippen LogP contribution in [0.5, 0.6) is 5.75 Å². The third kappa shape index (κ3) is 3.54. The van der Waals surface area contributed by atoms with Crippen molar-refractivity contribution in [1.29, 1.82) is 0 Å². The fourth-order valence-corrected chi connectivity index (χ4v) is 3.65. The van der Waals surface area contributed by atoms with Crippen molar-refractivity contribution in [3.05, 3.63) is 42.0 Å². The highest BCUT2D eigenvalue weighted by Crippen LogP contribution is 2.27. The van der Waals surface area contributed by atoms with Gasteiger partial charge < -0.3 is 14.7 Å². The fourth-order valence-electron chi connectivity index (χ4n) is 3.65. The molecule has 2 aromatic carbocycles. The van der Waals surface area contributed by atoms with Crippen molar-refractivity contribution in [3.63, 3.8) is 0 Å². The first-order chi connectivity index (χ1) is 11.7. The van der Waals surface area contributed by atoms with Gasteiger partial charge in [0.2, 0.25) is 5.91 Å². The minimum Gasteiger partial charge on any atom is -0.497 e. The van der Waals surface area contributed by atoms with E-state index in [-0.39, 0.29) is 18.6 Å². The molecule has 128 valence electrons. The van der Waals surface area contributed by atoms with Crippen LogP contribution in [0.2, 0.25) is 0 Å². The maximum atomic E-state index is 12.8. The molecule has 2 aromatic rings. The molecule has 1 amide bonds. The Labute approximate surface area is 143 Å². The lowest BCUT2D eigenvalue weighted by Gasteiger charge is -2.25. The van der Waals surface area contributed by atoms with Crippen LogP contribution >= 0.6 is 0 Å². The molecule has 24 heavy (non-hydrogen) atoms. The van der Waals surface area contributed by atoms with E-state index in [4.69, 9.17) is 9.84 Å². The number of hydrogen-bond acceptors (Lipinski definition) is 3. The zero-order chi connectivity index (χ0) is 16.9. The molecule has 1 aliphatic heterocycles. The quantitative estimate of drug-likeness (QED) is 0.887. The first-order valence-corrected chi connectivity index (χ1v) is 8.69. The van der Waals surface area contributed by atoms with E-state index in [1.54, 1.807) is 7.11 Å². The number of benzene rings is 2. The number of carbonyl (C=O) groups is 1. The summed E-state index contributed by atoms with van der Waals surface area (Å²) in [6.45, 7) is 1.03. The highest BCUT2D eigenvalue weighted by Gasteiger charge is 2.28. The van der Waals surface area contributed by atoms with Crippen molar-refractivity contribution in [2.45, 2.75) is 38.1 Å². The van der Waals surface area contributed by atoms with Gasteiger partial charge in [-0.05, 0) is 54.2 Å². The van der Waals surface area contributed by atoms with Crippen LogP contribution in [-0.2, 0) is 11.2 Å². The van der Waals surface area contributed by atoms with Crippen LogP contribution in [0.1, 0.15) is 31.2 Å². The summed E-state index contributed by atoms with van der Waals surface area (Å²) in [6, 6.07) is 12.4. The lowest BCUT2D eigenvalue weighted by Crippen LogP contribution is -2.36. The molecule has 0 saturated carbocycles. The molecule has 0 radical (unpaired) electrons. The molecule has 0 bridgehead atoms. The number of ether oxygens (including phenoxy) is 1. The van der Waals surface area contributed by atoms with Gasteiger partial charge in [0, 0.05) is 19.2 Å². The molecule has 1 fully saturated rings. The van der Waals surface area contributed by atoms with E-state index in [1.165, 1.54) is 0 Å². The molecular formula is C20H25NO3. The maximum absolute atomic E-state index is 12.8. The molecule has 0 spiro atoms. The Morgan fingerprint density at radius 2 is 2.21 bits per heavy atom. The summed E-state index contributed by atoms with van der Waals surface area (Å²) in [5.74, 6) is 0.996. The average molecular weight is 327 g/mol. The fraction of sp³-hybridized carbons (Fsp3) is 0.450. The van der Waals surface area contributed by atoms with E-state index >= 15 is 0 Å². The van der Waals surface area contributed by atoms with Crippen LogP contribution in [0.4, 0.5) is 0 Å². The second-order valence-electron chi connectivity index (χ2n) is 6.43. The van der Waals surface area contributed by atoms with Crippen molar-refractivity contribution >= 4 is 16.7 Å². The molecule has 0 aromatic heterocycles.